The summed E-state index contributed by atoms with van der Waals surface area (Å²) < 4.78 is 31.7. The smallest absolute Gasteiger partial charge is 0.475 e. The lowest BCUT2D eigenvalue weighted by atomic mass is 10.0. The van der Waals surface area contributed by atoms with Gasteiger partial charge >= 0.3 is 12.1 Å². The van der Waals surface area contributed by atoms with E-state index in [1.54, 1.807) is 4.90 Å². The van der Waals surface area contributed by atoms with E-state index in [4.69, 9.17) is 9.90 Å². The first kappa shape index (κ1) is 15.7. The van der Waals surface area contributed by atoms with Gasteiger partial charge in [0.2, 0.25) is 6.41 Å². The Balaban J connectivity index is 0.000000325. The highest BCUT2D eigenvalue weighted by molar-refractivity contribution is 5.73. The molecule has 1 fully saturated rings. The van der Waals surface area contributed by atoms with Crippen molar-refractivity contribution in [1.29, 1.82) is 0 Å². The Morgan fingerprint density at radius 3 is 2.18 bits per heavy atom. The number of amides is 1. The van der Waals surface area contributed by atoms with Crippen LogP contribution < -0.4 is 5.32 Å². The van der Waals surface area contributed by atoms with Crippen molar-refractivity contribution in [2.24, 2.45) is 0 Å². The largest absolute Gasteiger partial charge is 0.490 e. The molecule has 0 saturated carbocycles. The molecule has 17 heavy (non-hydrogen) atoms. The van der Waals surface area contributed by atoms with Crippen LogP contribution in [0.5, 0.6) is 0 Å². The van der Waals surface area contributed by atoms with E-state index in [1.165, 1.54) is 0 Å². The average molecular weight is 256 g/mol. The van der Waals surface area contributed by atoms with Crippen molar-refractivity contribution < 1.29 is 27.9 Å². The van der Waals surface area contributed by atoms with Crippen LogP contribution in [0.15, 0.2) is 0 Å². The lowest BCUT2D eigenvalue weighted by molar-refractivity contribution is -0.192. The predicted molar refractivity (Wildman–Crippen MR) is 53.4 cm³/mol. The Morgan fingerprint density at radius 1 is 1.47 bits per heavy atom. The van der Waals surface area contributed by atoms with Crippen molar-refractivity contribution in [3.05, 3.63) is 0 Å². The topological polar surface area (TPSA) is 69.6 Å². The van der Waals surface area contributed by atoms with Crippen LogP contribution in [0.25, 0.3) is 0 Å². The van der Waals surface area contributed by atoms with Gasteiger partial charge in [-0.1, -0.05) is 0 Å². The number of carboxylic acid groups (broad SMARTS) is 1. The number of aliphatic carboxylic acids is 1. The van der Waals surface area contributed by atoms with Crippen molar-refractivity contribution >= 4 is 12.4 Å². The van der Waals surface area contributed by atoms with E-state index in [1.807, 2.05) is 0 Å². The van der Waals surface area contributed by atoms with Crippen LogP contribution in [0.2, 0.25) is 0 Å². The molecule has 0 aromatic rings. The van der Waals surface area contributed by atoms with Crippen LogP contribution in [0.1, 0.15) is 13.8 Å². The van der Waals surface area contributed by atoms with Crippen molar-refractivity contribution in [3.63, 3.8) is 0 Å². The molecule has 0 atom stereocenters. The van der Waals surface area contributed by atoms with E-state index < -0.39 is 12.1 Å². The quantitative estimate of drug-likeness (QED) is 0.669. The fraction of sp³-hybridized carbons (Fsp3) is 0.778. The highest BCUT2D eigenvalue weighted by Gasteiger charge is 2.38. The first-order valence-corrected chi connectivity index (χ1v) is 4.83. The highest BCUT2D eigenvalue weighted by Crippen LogP contribution is 2.13. The zero-order chi connectivity index (χ0) is 13.7. The summed E-state index contributed by atoms with van der Waals surface area (Å²) in [6.07, 6.45) is -4.16. The first-order valence-electron chi connectivity index (χ1n) is 4.83. The van der Waals surface area contributed by atoms with E-state index in [0.29, 0.717) is 0 Å². The molecule has 0 spiro atoms. The number of hydrogen-bond acceptors (Lipinski definition) is 3. The molecular formula is C9H15F3N2O3. The van der Waals surface area contributed by atoms with Crippen molar-refractivity contribution in [3.8, 4) is 0 Å². The van der Waals surface area contributed by atoms with E-state index in [9.17, 15) is 18.0 Å². The lowest BCUT2D eigenvalue weighted by Gasteiger charge is -2.37. The molecule has 1 amide bonds. The van der Waals surface area contributed by atoms with Gasteiger partial charge in [-0.3, -0.25) is 4.79 Å². The van der Waals surface area contributed by atoms with Gasteiger partial charge in [0.05, 0.1) is 0 Å². The third kappa shape index (κ3) is 6.77. The summed E-state index contributed by atoms with van der Waals surface area (Å²) in [6, 6.07) is 0. The van der Waals surface area contributed by atoms with Crippen LogP contribution in [0, 0.1) is 0 Å². The van der Waals surface area contributed by atoms with Crippen LogP contribution in [0.3, 0.4) is 0 Å². The predicted octanol–water partition coefficient (Wildman–Crippen LogP) is 0.460. The fourth-order valence-electron chi connectivity index (χ4n) is 1.27. The molecule has 0 bridgehead atoms. The normalized spacial score (nSPS) is 19.0. The minimum atomic E-state index is -5.08. The number of nitrogens with one attached hydrogen (secondary N) is 1. The van der Waals surface area contributed by atoms with Gasteiger partial charge in [0, 0.05) is 25.2 Å². The third-order valence-corrected chi connectivity index (χ3v) is 1.99. The first-order chi connectivity index (χ1) is 7.58. The molecule has 0 radical (unpaired) electrons. The standard InChI is InChI=1S/C7H14N2O.C2HF3O2/c1-7(2)5-9(6-10)4-3-8-7;3-2(4,5)1(6)7/h6,8H,3-5H2,1-2H3;(H,6,7). The number of nitrogens with zero attached hydrogens (tertiary/aromatic N) is 1. The van der Waals surface area contributed by atoms with Crippen molar-refractivity contribution in [2.75, 3.05) is 19.6 Å². The molecular weight excluding hydrogens is 241 g/mol. The summed E-state index contributed by atoms with van der Waals surface area (Å²) in [5.74, 6) is -2.76. The summed E-state index contributed by atoms with van der Waals surface area (Å²) in [5.41, 5.74) is 0.0964. The van der Waals surface area contributed by atoms with Gasteiger partial charge in [0.1, 0.15) is 0 Å². The summed E-state index contributed by atoms with van der Waals surface area (Å²) >= 11 is 0. The summed E-state index contributed by atoms with van der Waals surface area (Å²) in [7, 11) is 0. The molecule has 1 aliphatic rings. The number of carbonyl (C=O) groups is 2. The van der Waals surface area contributed by atoms with E-state index in [0.717, 1.165) is 26.0 Å². The van der Waals surface area contributed by atoms with E-state index >= 15 is 0 Å². The minimum Gasteiger partial charge on any atom is -0.475 e. The zero-order valence-electron chi connectivity index (χ0n) is 9.54. The van der Waals surface area contributed by atoms with Gasteiger partial charge < -0.3 is 15.3 Å². The Morgan fingerprint density at radius 2 is 1.94 bits per heavy atom. The molecule has 1 saturated heterocycles. The molecule has 2 N–H and O–H groups in total. The zero-order valence-corrected chi connectivity index (χ0v) is 9.54. The number of piperazine rings is 1. The number of carbonyl (C=O) groups excluding carboxylic acids is 1. The van der Waals surface area contributed by atoms with Crippen LogP contribution in [0.4, 0.5) is 13.2 Å². The number of carboxylic acids is 1. The number of hydrogen-bond donors (Lipinski definition) is 2. The third-order valence-electron chi connectivity index (χ3n) is 1.99. The Hall–Kier alpha value is -1.31. The van der Waals surface area contributed by atoms with Crippen LogP contribution in [-0.4, -0.2) is 53.7 Å². The summed E-state index contributed by atoms with van der Waals surface area (Å²) in [5, 5.41) is 10.4. The van der Waals surface area contributed by atoms with E-state index in [-0.39, 0.29) is 5.54 Å². The van der Waals surface area contributed by atoms with Gasteiger partial charge in [0.15, 0.2) is 0 Å². The van der Waals surface area contributed by atoms with Crippen molar-refractivity contribution in [1.82, 2.24) is 10.2 Å². The molecule has 0 aromatic carbocycles. The monoisotopic (exact) mass is 256 g/mol. The maximum Gasteiger partial charge on any atom is 0.490 e. The lowest BCUT2D eigenvalue weighted by Crippen LogP contribution is -2.56. The molecule has 1 rings (SSSR count). The maximum atomic E-state index is 10.6. The summed E-state index contributed by atoms with van der Waals surface area (Å²) in [6.45, 7) is 6.76. The van der Waals surface area contributed by atoms with Crippen LogP contribution in [-0.2, 0) is 9.59 Å². The Kier molecular flexibility index (Phi) is 5.40. The molecule has 1 heterocycles. The van der Waals surface area contributed by atoms with Gasteiger partial charge in [-0.2, -0.15) is 13.2 Å². The molecule has 100 valence electrons. The fourth-order valence-corrected chi connectivity index (χ4v) is 1.27. The minimum absolute atomic E-state index is 0.0964. The van der Waals surface area contributed by atoms with Crippen molar-refractivity contribution in [2.45, 2.75) is 25.6 Å². The average Bonchev–Trinajstić information content (AvgIpc) is 2.15. The van der Waals surface area contributed by atoms with Gasteiger partial charge in [-0.25, -0.2) is 4.79 Å². The second kappa shape index (κ2) is 5.85. The molecule has 1 aliphatic heterocycles. The Labute approximate surface area is 96.6 Å². The maximum absolute atomic E-state index is 10.6. The molecule has 0 unspecified atom stereocenters. The van der Waals surface area contributed by atoms with E-state index in [2.05, 4.69) is 19.2 Å². The van der Waals surface area contributed by atoms with Crippen LogP contribution >= 0.6 is 0 Å². The molecule has 0 aromatic heterocycles. The van der Waals surface area contributed by atoms with Gasteiger partial charge in [-0.05, 0) is 13.8 Å². The second-order valence-electron chi connectivity index (χ2n) is 4.19. The molecule has 0 aliphatic carbocycles. The SMILES string of the molecule is CC1(C)CN(C=O)CCN1.O=C(O)C(F)(F)F. The molecule has 8 heteroatoms. The number of rotatable bonds is 1. The Bertz CT molecular complexity index is 279. The second-order valence-corrected chi connectivity index (χ2v) is 4.19. The number of halogens is 3. The highest BCUT2D eigenvalue weighted by atomic mass is 19.4. The van der Waals surface area contributed by atoms with Gasteiger partial charge in [0.25, 0.3) is 0 Å². The summed E-state index contributed by atoms with van der Waals surface area (Å²) in [4.78, 5) is 21.0. The number of alkyl halides is 3. The van der Waals surface area contributed by atoms with Gasteiger partial charge in [-0.15, -0.1) is 0 Å². The molecule has 5 nitrogen and oxygen atoms in total.